The molecule has 1 unspecified atom stereocenters. The van der Waals surface area contributed by atoms with Crippen molar-refractivity contribution >= 4 is 11.6 Å². The van der Waals surface area contributed by atoms with Crippen LogP contribution in [0.3, 0.4) is 0 Å². The van der Waals surface area contributed by atoms with Crippen molar-refractivity contribution in [2.75, 3.05) is 25.0 Å². The van der Waals surface area contributed by atoms with Crippen molar-refractivity contribution in [3.63, 3.8) is 0 Å². The topological polar surface area (TPSA) is 65.7 Å². The normalized spacial score (nSPS) is 16.7. The van der Waals surface area contributed by atoms with Crippen molar-refractivity contribution < 1.29 is 14.3 Å². The Morgan fingerprint density at radius 1 is 1.36 bits per heavy atom. The van der Waals surface area contributed by atoms with Crippen molar-refractivity contribution in [1.82, 2.24) is 4.90 Å². The second-order valence-corrected chi connectivity index (χ2v) is 6.83. The second-order valence-electron chi connectivity index (χ2n) is 6.83. The lowest BCUT2D eigenvalue weighted by molar-refractivity contribution is 0.0651. The van der Waals surface area contributed by atoms with Crippen LogP contribution >= 0.6 is 0 Å². The van der Waals surface area contributed by atoms with Crippen LogP contribution in [-0.4, -0.2) is 35.6 Å². The minimum absolute atomic E-state index is 0.0284. The molecule has 1 aromatic carbocycles. The highest BCUT2D eigenvalue weighted by Gasteiger charge is 2.23. The maximum atomic E-state index is 12.7. The molecule has 0 radical (unpaired) electrons. The Balaban J connectivity index is 1.67. The van der Waals surface area contributed by atoms with E-state index in [1.807, 2.05) is 49.1 Å². The molecule has 1 amide bonds. The van der Waals surface area contributed by atoms with Gasteiger partial charge in [0.15, 0.2) is 0 Å². The Morgan fingerprint density at radius 2 is 2.12 bits per heavy atom. The number of hydrogen-bond donors (Lipinski definition) is 2. The number of carbonyl (C=O) groups excluding carboxylic acids is 1. The molecule has 1 aliphatic rings. The average molecular weight is 342 g/mol. The molecule has 1 aromatic heterocycles. The number of piperidine rings is 1. The fourth-order valence-corrected chi connectivity index (χ4v) is 3.39. The molecule has 2 aromatic rings. The number of amides is 1. The molecule has 1 atom stereocenters. The quantitative estimate of drug-likeness (QED) is 0.871. The number of rotatable bonds is 5. The molecule has 1 fully saturated rings. The zero-order valence-corrected chi connectivity index (χ0v) is 14.9. The molecule has 0 bridgehead atoms. The van der Waals surface area contributed by atoms with Crippen molar-refractivity contribution in [3.8, 4) is 0 Å². The van der Waals surface area contributed by atoms with Crippen molar-refractivity contribution in [2.24, 2.45) is 5.92 Å². The van der Waals surface area contributed by atoms with Gasteiger partial charge in [0, 0.05) is 30.9 Å². The number of likely N-dealkylation sites (tertiary alicyclic amines) is 1. The van der Waals surface area contributed by atoms with Crippen LogP contribution in [0.25, 0.3) is 0 Å². The van der Waals surface area contributed by atoms with E-state index in [1.165, 1.54) is 0 Å². The Labute approximate surface area is 148 Å². The zero-order chi connectivity index (χ0) is 17.8. The summed E-state index contributed by atoms with van der Waals surface area (Å²) < 4.78 is 5.53. The third-order valence-corrected chi connectivity index (χ3v) is 4.95. The van der Waals surface area contributed by atoms with Crippen molar-refractivity contribution in [2.45, 2.75) is 32.7 Å². The van der Waals surface area contributed by atoms with Gasteiger partial charge >= 0.3 is 0 Å². The number of furan rings is 1. The van der Waals surface area contributed by atoms with Crippen LogP contribution in [0, 0.1) is 12.8 Å². The molecular formula is C20H26N2O3. The number of hydrogen-bond acceptors (Lipinski definition) is 4. The van der Waals surface area contributed by atoms with Crippen LogP contribution in [0.1, 0.15) is 47.5 Å². The van der Waals surface area contributed by atoms with Gasteiger partial charge in [-0.05, 0) is 62.4 Å². The van der Waals surface area contributed by atoms with Gasteiger partial charge in [-0.2, -0.15) is 0 Å². The highest BCUT2D eigenvalue weighted by atomic mass is 16.3. The summed E-state index contributed by atoms with van der Waals surface area (Å²) in [4.78, 5) is 14.6. The minimum atomic E-state index is 0.0284. The third kappa shape index (κ3) is 4.04. The fourth-order valence-electron chi connectivity index (χ4n) is 3.39. The molecule has 1 aliphatic heterocycles. The van der Waals surface area contributed by atoms with Gasteiger partial charge in [-0.3, -0.25) is 4.79 Å². The predicted molar refractivity (Wildman–Crippen MR) is 97.6 cm³/mol. The summed E-state index contributed by atoms with van der Waals surface area (Å²) in [6, 6.07) is 9.59. The van der Waals surface area contributed by atoms with E-state index >= 15 is 0 Å². The van der Waals surface area contributed by atoms with Gasteiger partial charge < -0.3 is 19.7 Å². The van der Waals surface area contributed by atoms with E-state index in [9.17, 15) is 9.90 Å². The lowest BCUT2D eigenvalue weighted by Crippen LogP contribution is -2.39. The van der Waals surface area contributed by atoms with Gasteiger partial charge in [-0.1, -0.05) is 6.07 Å². The van der Waals surface area contributed by atoms with Gasteiger partial charge in [0.05, 0.1) is 12.3 Å². The number of nitrogens with zero attached hydrogens (tertiary/aromatic N) is 1. The van der Waals surface area contributed by atoms with E-state index in [-0.39, 0.29) is 18.6 Å². The number of aliphatic hydroxyl groups is 1. The number of carbonyl (C=O) groups is 1. The van der Waals surface area contributed by atoms with Crippen LogP contribution in [0.5, 0.6) is 0 Å². The number of aryl methyl sites for hydroxylation is 1. The number of aliphatic hydroxyl groups excluding tert-OH is 1. The first-order chi connectivity index (χ1) is 12.1. The summed E-state index contributed by atoms with van der Waals surface area (Å²) in [5.41, 5.74) is 2.70. The largest absolute Gasteiger partial charge is 0.467 e. The SMILES string of the molecule is Cc1ccoc1C(C)Nc1cccc(C(=O)N2CCC(CO)CC2)c1. The van der Waals surface area contributed by atoms with E-state index in [0.717, 1.165) is 29.9 Å². The Morgan fingerprint density at radius 3 is 2.76 bits per heavy atom. The van der Waals surface area contributed by atoms with E-state index < -0.39 is 0 Å². The third-order valence-electron chi connectivity index (χ3n) is 4.95. The lowest BCUT2D eigenvalue weighted by Gasteiger charge is -2.31. The summed E-state index contributed by atoms with van der Waals surface area (Å²) in [6.45, 7) is 5.70. The first-order valence-corrected chi connectivity index (χ1v) is 8.89. The summed E-state index contributed by atoms with van der Waals surface area (Å²) in [6.07, 6.45) is 3.43. The Hall–Kier alpha value is -2.27. The van der Waals surface area contributed by atoms with Crippen LogP contribution in [0.15, 0.2) is 41.0 Å². The van der Waals surface area contributed by atoms with E-state index in [1.54, 1.807) is 6.26 Å². The maximum Gasteiger partial charge on any atom is 0.253 e. The first kappa shape index (κ1) is 17.5. The maximum absolute atomic E-state index is 12.7. The van der Waals surface area contributed by atoms with Crippen molar-refractivity contribution in [3.05, 3.63) is 53.5 Å². The van der Waals surface area contributed by atoms with E-state index in [0.29, 0.717) is 24.6 Å². The smallest absolute Gasteiger partial charge is 0.253 e. The summed E-state index contributed by atoms with van der Waals surface area (Å²) >= 11 is 0. The van der Waals surface area contributed by atoms with Gasteiger partial charge in [0.2, 0.25) is 0 Å². The number of anilines is 1. The molecule has 0 spiro atoms. The number of nitrogens with one attached hydrogen (secondary N) is 1. The summed E-state index contributed by atoms with van der Waals surface area (Å²) in [5, 5.41) is 12.6. The molecule has 5 nitrogen and oxygen atoms in total. The van der Waals surface area contributed by atoms with Gasteiger partial charge in [-0.15, -0.1) is 0 Å². The monoisotopic (exact) mass is 342 g/mol. The Kier molecular flexibility index (Phi) is 5.43. The molecule has 25 heavy (non-hydrogen) atoms. The molecular weight excluding hydrogens is 316 g/mol. The minimum Gasteiger partial charge on any atom is -0.467 e. The molecule has 5 heteroatoms. The molecule has 0 saturated carbocycles. The molecule has 134 valence electrons. The predicted octanol–water partition coefficient (Wildman–Crippen LogP) is 3.61. The fraction of sp³-hybridized carbons (Fsp3) is 0.450. The number of benzene rings is 1. The standard InChI is InChI=1S/C20H26N2O3/c1-14-8-11-25-19(14)15(2)21-18-5-3-4-17(12-18)20(24)22-9-6-16(13-23)7-10-22/h3-5,8,11-12,15-16,21,23H,6-7,9-10,13H2,1-2H3. The first-order valence-electron chi connectivity index (χ1n) is 8.89. The highest BCUT2D eigenvalue weighted by molar-refractivity contribution is 5.95. The molecule has 1 saturated heterocycles. The lowest BCUT2D eigenvalue weighted by atomic mass is 9.97. The highest BCUT2D eigenvalue weighted by Crippen LogP contribution is 2.24. The average Bonchev–Trinajstić information content (AvgIpc) is 3.07. The zero-order valence-electron chi connectivity index (χ0n) is 14.9. The Bertz CT molecular complexity index is 717. The molecule has 2 heterocycles. The molecule has 3 rings (SSSR count). The van der Waals surface area contributed by atoms with Crippen LogP contribution < -0.4 is 5.32 Å². The van der Waals surface area contributed by atoms with Crippen LogP contribution in [0.4, 0.5) is 5.69 Å². The van der Waals surface area contributed by atoms with Crippen LogP contribution in [0.2, 0.25) is 0 Å². The van der Waals surface area contributed by atoms with Gasteiger partial charge in [0.1, 0.15) is 5.76 Å². The van der Waals surface area contributed by atoms with E-state index in [2.05, 4.69) is 5.32 Å². The summed E-state index contributed by atoms with van der Waals surface area (Å²) in [5.74, 6) is 1.29. The second kappa shape index (κ2) is 7.74. The van der Waals surface area contributed by atoms with Gasteiger partial charge in [0.25, 0.3) is 5.91 Å². The van der Waals surface area contributed by atoms with Gasteiger partial charge in [-0.25, -0.2) is 0 Å². The summed E-state index contributed by atoms with van der Waals surface area (Å²) in [7, 11) is 0. The van der Waals surface area contributed by atoms with Crippen molar-refractivity contribution in [1.29, 1.82) is 0 Å². The van der Waals surface area contributed by atoms with Crippen LogP contribution in [-0.2, 0) is 0 Å². The van der Waals surface area contributed by atoms with E-state index in [4.69, 9.17) is 4.42 Å². The molecule has 2 N–H and O–H groups in total. The molecule has 0 aliphatic carbocycles.